The molecule has 1 saturated carbocycles. The Balaban J connectivity index is 2.40. The van der Waals surface area contributed by atoms with Gasteiger partial charge in [0, 0.05) is 13.0 Å². The molecule has 6 atom stereocenters. The first-order valence-corrected chi connectivity index (χ1v) is 27.4. The Bertz CT molecular complexity index is 1420. The Morgan fingerprint density at radius 1 is 0.493 bits per heavy atom. The molecule has 0 aliphatic heterocycles. The van der Waals surface area contributed by atoms with E-state index < -0.39 is 63.1 Å². The average molecular weight is 965 g/mol. The van der Waals surface area contributed by atoms with Crippen molar-refractivity contribution in [3.05, 3.63) is 85.1 Å². The predicted molar refractivity (Wildman–Crippen MR) is 271 cm³/mol. The van der Waals surface area contributed by atoms with E-state index >= 15 is 0 Å². The number of aliphatic hydroxyl groups excluding tert-OH is 5. The van der Waals surface area contributed by atoms with Crippen molar-refractivity contribution in [1.29, 1.82) is 0 Å². The normalized spacial score (nSPS) is 22.0. The highest BCUT2D eigenvalue weighted by molar-refractivity contribution is 7.47. The lowest BCUT2D eigenvalue weighted by atomic mass is 9.85. The van der Waals surface area contributed by atoms with Crippen LogP contribution >= 0.6 is 7.82 Å². The summed E-state index contributed by atoms with van der Waals surface area (Å²) in [5.41, 5.74) is 0. The molecule has 13 heteroatoms. The van der Waals surface area contributed by atoms with Gasteiger partial charge in [0.15, 0.2) is 0 Å². The quantitative estimate of drug-likeness (QED) is 0.0147. The van der Waals surface area contributed by atoms with Gasteiger partial charge in [-0.2, -0.15) is 0 Å². The van der Waals surface area contributed by atoms with Crippen LogP contribution in [0, 0.1) is 0 Å². The van der Waals surface area contributed by atoms with Gasteiger partial charge in [-0.1, -0.05) is 202 Å². The Hall–Kier alpha value is -2.48. The maximum Gasteiger partial charge on any atom is 0.472 e. The number of unbranched alkanes of at least 4 members (excludes halogenated alkanes) is 17. The molecule has 0 aromatic rings. The topological polar surface area (TPSA) is 192 Å². The van der Waals surface area contributed by atoms with Gasteiger partial charge >= 0.3 is 13.8 Å². The maximum atomic E-state index is 12.9. The van der Waals surface area contributed by atoms with Crippen LogP contribution in [0.4, 0.5) is 0 Å². The van der Waals surface area contributed by atoms with Gasteiger partial charge < -0.3 is 39.9 Å². The minimum atomic E-state index is -5.04. The molecule has 0 spiro atoms. The third-order valence-electron chi connectivity index (χ3n) is 11.5. The molecule has 67 heavy (non-hydrogen) atoms. The molecule has 0 aromatic heterocycles. The minimum absolute atomic E-state index is 0.102. The number of rotatable bonds is 43. The van der Waals surface area contributed by atoms with E-state index in [2.05, 4.69) is 86.8 Å². The van der Waals surface area contributed by atoms with Crippen molar-refractivity contribution in [3.63, 3.8) is 0 Å². The number of allylic oxidation sites excluding steroid dienone is 14. The van der Waals surface area contributed by atoms with Crippen molar-refractivity contribution in [2.24, 2.45) is 0 Å². The molecule has 6 unspecified atom stereocenters. The summed E-state index contributed by atoms with van der Waals surface area (Å²) < 4.78 is 34.2. The summed E-state index contributed by atoms with van der Waals surface area (Å²) in [6.07, 6.45) is 46.5. The Morgan fingerprint density at radius 3 is 1.28 bits per heavy atom. The Morgan fingerprint density at radius 2 is 0.866 bits per heavy atom. The van der Waals surface area contributed by atoms with Crippen molar-refractivity contribution in [1.82, 2.24) is 0 Å². The lowest BCUT2D eigenvalue weighted by Crippen LogP contribution is -2.64. The number of hydrogen-bond donors (Lipinski definition) is 6. The van der Waals surface area contributed by atoms with E-state index in [0.29, 0.717) is 19.4 Å². The fourth-order valence-corrected chi connectivity index (χ4v) is 8.44. The first-order chi connectivity index (χ1) is 32.5. The van der Waals surface area contributed by atoms with Gasteiger partial charge in [0.2, 0.25) is 0 Å². The third kappa shape index (κ3) is 35.3. The summed E-state index contributed by atoms with van der Waals surface area (Å²) in [6, 6.07) is 0. The van der Waals surface area contributed by atoms with E-state index in [4.69, 9.17) is 18.5 Å². The zero-order valence-electron chi connectivity index (χ0n) is 41.4. The number of phosphoric acid groups is 1. The van der Waals surface area contributed by atoms with Gasteiger partial charge in [-0.25, -0.2) is 4.57 Å². The maximum absolute atomic E-state index is 12.9. The fourth-order valence-electron chi connectivity index (χ4n) is 7.46. The van der Waals surface area contributed by atoms with Crippen LogP contribution in [0.1, 0.15) is 187 Å². The first kappa shape index (κ1) is 62.5. The third-order valence-corrected chi connectivity index (χ3v) is 12.5. The smallest absolute Gasteiger partial charge is 0.457 e. The van der Waals surface area contributed by atoms with Crippen LogP contribution in [-0.2, 0) is 27.9 Å². The Kier molecular flexibility index (Phi) is 40.6. The highest BCUT2D eigenvalue weighted by atomic mass is 31.2. The monoisotopic (exact) mass is 965 g/mol. The van der Waals surface area contributed by atoms with E-state index in [-0.39, 0.29) is 13.0 Å². The zero-order chi connectivity index (χ0) is 49.1. The molecular formula is C54H93O12P. The van der Waals surface area contributed by atoms with Gasteiger partial charge in [-0.15, -0.1) is 0 Å². The van der Waals surface area contributed by atoms with Crippen molar-refractivity contribution in [2.45, 2.75) is 230 Å². The standard InChI is InChI=1S/C54H93O12P/c1-3-5-7-9-11-13-15-17-19-21-22-23-24-25-26-27-29-31-33-35-37-39-41-43-48(55)65-47(46-64-67(61,62)66-54-52(59)50(57)49(56)51(58)53(54)60)45-63-44-42-40-38-36-34-32-30-28-20-18-16-14-12-10-8-6-4-2/h5,7,11,13,17,19,22-23,25-26,29,31,35,37,47,49-54,56-60H,3-4,6,8-10,12,14-16,18,20-21,24,27-28,30,32-34,36,38-46H2,1-2H3,(H,61,62)/b7-5-,13-11-,19-17-,23-22-,26-25-,31-29-,37-35-. The second-order valence-electron chi connectivity index (χ2n) is 17.6. The summed E-state index contributed by atoms with van der Waals surface area (Å²) in [4.78, 5) is 23.2. The predicted octanol–water partition coefficient (Wildman–Crippen LogP) is 11.7. The van der Waals surface area contributed by atoms with Crippen LogP contribution in [0.2, 0.25) is 0 Å². The van der Waals surface area contributed by atoms with Crippen molar-refractivity contribution < 1.29 is 58.3 Å². The van der Waals surface area contributed by atoms with E-state index in [0.717, 1.165) is 64.2 Å². The molecule has 0 bridgehead atoms. The number of ether oxygens (including phenoxy) is 2. The number of esters is 1. The zero-order valence-corrected chi connectivity index (χ0v) is 42.3. The van der Waals surface area contributed by atoms with Crippen LogP contribution in [-0.4, -0.2) is 98.9 Å². The van der Waals surface area contributed by atoms with E-state index in [1.165, 1.54) is 89.9 Å². The highest BCUT2D eigenvalue weighted by Crippen LogP contribution is 2.47. The number of phosphoric ester groups is 1. The van der Waals surface area contributed by atoms with Crippen molar-refractivity contribution in [3.8, 4) is 0 Å². The number of hydrogen-bond acceptors (Lipinski definition) is 11. The number of carbonyl (C=O) groups excluding carboxylic acids is 1. The second-order valence-corrected chi connectivity index (χ2v) is 19.1. The van der Waals surface area contributed by atoms with Gasteiger partial charge in [0.05, 0.1) is 13.2 Å². The van der Waals surface area contributed by atoms with Gasteiger partial charge in [-0.05, 0) is 64.2 Å². The van der Waals surface area contributed by atoms with E-state index in [1.807, 2.05) is 12.2 Å². The summed E-state index contributed by atoms with van der Waals surface area (Å²) >= 11 is 0. The Labute approximate surface area is 405 Å². The second kappa shape index (κ2) is 43.5. The molecule has 0 amide bonds. The molecule has 0 heterocycles. The molecule has 1 rings (SSSR count). The summed E-state index contributed by atoms with van der Waals surface area (Å²) in [7, 11) is -5.04. The minimum Gasteiger partial charge on any atom is -0.457 e. The van der Waals surface area contributed by atoms with Crippen LogP contribution in [0.15, 0.2) is 85.1 Å². The van der Waals surface area contributed by atoms with Crippen molar-refractivity contribution in [2.75, 3.05) is 19.8 Å². The first-order valence-electron chi connectivity index (χ1n) is 25.9. The highest BCUT2D eigenvalue weighted by Gasteiger charge is 2.51. The summed E-state index contributed by atoms with van der Waals surface area (Å²) in [5, 5.41) is 50.3. The van der Waals surface area contributed by atoms with Crippen LogP contribution in [0.3, 0.4) is 0 Å². The van der Waals surface area contributed by atoms with Gasteiger partial charge in [0.25, 0.3) is 0 Å². The number of aliphatic hydroxyl groups is 5. The summed E-state index contributed by atoms with van der Waals surface area (Å²) in [5.74, 6) is -0.535. The summed E-state index contributed by atoms with van der Waals surface area (Å²) in [6.45, 7) is 4.10. The lowest BCUT2D eigenvalue weighted by Gasteiger charge is -2.41. The van der Waals surface area contributed by atoms with Crippen molar-refractivity contribution >= 4 is 13.8 Å². The molecule has 0 saturated heterocycles. The van der Waals surface area contributed by atoms with Crippen LogP contribution in [0.25, 0.3) is 0 Å². The molecule has 1 aliphatic carbocycles. The van der Waals surface area contributed by atoms with Crippen LogP contribution < -0.4 is 0 Å². The molecule has 0 aromatic carbocycles. The van der Waals surface area contributed by atoms with Gasteiger partial charge in [-0.3, -0.25) is 13.8 Å². The van der Waals surface area contributed by atoms with Crippen LogP contribution in [0.5, 0.6) is 0 Å². The van der Waals surface area contributed by atoms with E-state index in [1.54, 1.807) is 0 Å². The fraction of sp³-hybridized carbons (Fsp3) is 0.722. The van der Waals surface area contributed by atoms with E-state index in [9.17, 15) is 39.8 Å². The molecule has 1 fully saturated rings. The molecule has 1 aliphatic rings. The molecular weight excluding hydrogens is 872 g/mol. The van der Waals surface area contributed by atoms with Gasteiger partial charge in [0.1, 0.15) is 42.7 Å². The molecule has 6 N–H and O–H groups in total. The molecule has 0 radical (unpaired) electrons. The SMILES string of the molecule is CC/C=C\C/C=C\C/C=C\C/C=C\C/C=C\C/C=C\C/C=C\CCCC(=O)OC(COCCCCCCCCCCCCCCCCCCC)COP(=O)(O)OC1C(O)C(O)C(O)C(O)C1O. The molecule has 386 valence electrons. The molecule has 12 nitrogen and oxygen atoms in total. The average Bonchev–Trinajstić information content (AvgIpc) is 3.31. The lowest BCUT2D eigenvalue weighted by molar-refractivity contribution is -0.220. The number of carbonyl (C=O) groups is 1. The largest absolute Gasteiger partial charge is 0.472 e.